The van der Waals surface area contributed by atoms with E-state index in [0.29, 0.717) is 0 Å². The first kappa shape index (κ1) is 7.77. The zero-order valence-corrected chi connectivity index (χ0v) is 7.24. The molecule has 0 fully saturated rings. The van der Waals surface area contributed by atoms with Crippen LogP contribution >= 0.6 is 0 Å². The van der Waals surface area contributed by atoms with Gasteiger partial charge in [-0.15, -0.1) is 0 Å². The molecule has 12 heavy (non-hydrogen) atoms. The van der Waals surface area contributed by atoms with Crippen LogP contribution in [0.4, 0.5) is 0 Å². The van der Waals surface area contributed by atoms with Crippen LogP contribution in [-0.4, -0.2) is 5.11 Å². The van der Waals surface area contributed by atoms with E-state index < -0.39 is 5.79 Å². The molecule has 2 atom stereocenters. The Bertz CT molecular complexity index is 304. The Morgan fingerprint density at radius 1 is 1.42 bits per heavy atom. The van der Waals surface area contributed by atoms with Crippen LogP contribution in [0, 0.1) is 0 Å². The lowest BCUT2D eigenvalue weighted by molar-refractivity contribution is -0.205. The third kappa shape index (κ3) is 0.958. The lowest BCUT2D eigenvalue weighted by atomic mass is 10.0. The number of benzene rings is 1. The second kappa shape index (κ2) is 2.31. The van der Waals surface area contributed by atoms with Gasteiger partial charge in [0.15, 0.2) is 5.79 Å². The van der Waals surface area contributed by atoms with E-state index in [1.54, 1.807) is 6.92 Å². The van der Waals surface area contributed by atoms with E-state index in [1.807, 2.05) is 31.2 Å². The smallest absolute Gasteiger partial charge is 0.190 e. The summed E-state index contributed by atoms with van der Waals surface area (Å²) < 4.78 is 5.37. The fraction of sp³-hybridized carbons (Fsp3) is 0.400. The van der Waals surface area contributed by atoms with Crippen molar-refractivity contribution >= 4 is 0 Å². The molecule has 0 spiro atoms. The van der Waals surface area contributed by atoms with Crippen LogP contribution in [0.1, 0.15) is 31.1 Å². The van der Waals surface area contributed by atoms with Gasteiger partial charge in [0.1, 0.15) is 0 Å². The Morgan fingerprint density at radius 2 is 2.08 bits per heavy atom. The third-order valence-electron chi connectivity index (χ3n) is 2.30. The van der Waals surface area contributed by atoms with Crippen molar-refractivity contribution < 1.29 is 9.84 Å². The second-order valence-corrected chi connectivity index (χ2v) is 3.33. The molecule has 0 aliphatic carbocycles. The summed E-state index contributed by atoms with van der Waals surface area (Å²) in [7, 11) is 0. The third-order valence-corrected chi connectivity index (χ3v) is 2.30. The molecule has 1 aromatic carbocycles. The van der Waals surface area contributed by atoms with Crippen LogP contribution in [0.5, 0.6) is 0 Å². The molecule has 1 aromatic rings. The average Bonchev–Trinajstić information content (AvgIpc) is 2.25. The molecule has 1 aliphatic heterocycles. The van der Waals surface area contributed by atoms with Gasteiger partial charge in [-0.2, -0.15) is 0 Å². The fourth-order valence-corrected chi connectivity index (χ4v) is 1.75. The summed E-state index contributed by atoms with van der Waals surface area (Å²) in [5.41, 5.74) is 1.97. The Kier molecular flexibility index (Phi) is 1.50. The van der Waals surface area contributed by atoms with Gasteiger partial charge in [-0.1, -0.05) is 24.3 Å². The van der Waals surface area contributed by atoms with Gasteiger partial charge in [-0.05, 0) is 19.4 Å². The van der Waals surface area contributed by atoms with Gasteiger partial charge in [0.2, 0.25) is 0 Å². The Balaban J connectivity index is 2.58. The van der Waals surface area contributed by atoms with Gasteiger partial charge in [0.25, 0.3) is 0 Å². The molecule has 2 nitrogen and oxygen atoms in total. The van der Waals surface area contributed by atoms with Crippen molar-refractivity contribution in [1.82, 2.24) is 0 Å². The minimum Gasteiger partial charge on any atom is -0.362 e. The summed E-state index contributed by atoms with van der Waals surface area (Å²) in [5, 5.41) is 9.79. The molecule has 1 N–H and O–H groups in total. The molecular weight excluding hydrogens is 152 g/mol. The molecule has 0 saturated carbocycles. The SMILES string of the molecule is C[C@@H]1O[C@](C)(O)c2ccccc21. The number of fused-ring (bicyclic) bond motifs is 1. The maximum absolute atomic E-state index is 9.79. The minimum absolute atomic E-state index is 0.00352. The zero-order valence-electron chi connectivity index (χ0n) is 7.24. The summed E-state index contributed by atoms with van der Waals surface area (Å²) in [5.74, 6) is -1.10. The molecule has 2 heteroatoms. The van der Waals surface area contributed by atoms with E-state index in [9.17, 15) is 5.11 Å². The van der Waals surface area contributed by atoms with Crippen molar-refractivity contribution in [2.75, 3.05) is 0 Å². The van der Waals surface area contributed by atoms with Gasteiger partial charge < -0.3 is 9.84 Å². The molecule has 0 amide bonds. The highest BCUT2D eigenvalue weighted by Gasteiger charge is 2.36. The molecule has 2 rings (SSSR count). The Morgan fingerprint density at radius 3 is 2.75 bits per heavy atom. The quantitative estimate of drug-likeness (QED) is 0.635. The number of ether oxygens (including phenoxy) is 1. The minimum atomic E-state index is -1.10. The van der Waals surface area contributed by atoms with Crippen molar-refractivity contribution in [1.29, 1.82) is 0 Å². The summed E-state index contributed by atoms with van der Waals surface area (Å²) in [6, 6.07) is 7.76. The topological polar surface area (TPSA) is 29.5 Å². The first-order valence-electron chi connectivity index (χ1n) is 4.11. The van der Waals surface area contributed by atoms with Crippen molar-refractivity contribution in [2.24, 2.45) is 0 Å². The first-order chi connectivity index (χ1) is 5.61. The summed E-state index contributed by atoms with van der Waals surface area (Å²) in [6.07, 6.45) is -0.00352. The van der Waals surface area contributed by atoms with Crippen molar-refractivity contribution in [3.63, 3.8) is 0 Å². The normalized spacial score (nSPS) is 33.4. The largest absolute Gasteiger partial charge is 0.362 e. The number of rotatable bonds is 0. The summed E-state index contributed by atoms with van der Waals surface area (Å²) >= 11 is 0. The standard InChI is InChI=1S/C10H12O2/c1-7-8-5-3-4-6-9(8)10(2,11)12-7/h3-7,11H,1-2H3/t7-,10-/m0/s1. The lowest BCUT2D eigenvalue weighted by Crippen LogP contribution is -2.19. The van der Waals surface area contributed by atoms with Crippen LogP contribution in [0.25, 0.3) is 0 Å². The van der Waals surface area contributed by atoms with Crippen LogP contribution in [0.2, 0.25) is 0 Å². The van der Waals surface area contributed by atoms with Gasteiger partial charge in [-0.25, -0.2) is 0 Å². The van der Waals surface area contributed by atoms with E-state index >= 15 is 0 Å². The van der Waals surface area contributed by atoms with E-state index in [0.717, 1.165) is 11.1 Å². The molecule has 1 aliphatic rings. The maximum atomic E-state index is 9.79. The molecule has 0 radical (unpaired) electrons. The van der Waals surface area contributed by atoms with Crippen molar-refractivity contribution in [3.05, 3.63) is 35.4 Å². The van der Waals surface area contributed by atoms with Crippen LogP contribution in [0.3, 0.4) is 0 Å². The number of hydrogen-bond acceptors (Lipinski definition) is 2. The predicted octanol–water partition coefficient (Wildman–Crippen LogP) is 1.94. The van der Waals surface area contributed by atoms with Crippen LogP contribution < -0.4 is 0 Å². The van der Waals surface area contributed by atoms with Crippen LogP contribution in [0.15, 0.2) is 24.3 Å². The van der Waals surface area contributed by atoms with E-state index in [4.69, 9.17) is 4.74 Å². The lowest BCUT2D eigenvalue weighted by Gasteiger charge is -2.17. The highest BCUT2D eigenvalue weighted by Crippen LogP contribution is 2.40. The first-order valence-corrected chi connectivity index (χ1v) is 4.11. The van der Waals surface area contributed by atoms with Gasteiger partial charge in [-0.3, -0.25) is 0 Å². The Labute approximate surface area is 71.8 Å². The van der Waals surface area contributed by atoms with Crippen molar-refractivity contribution in [2.45, 2.75) is 25.7 Å². The highest BCUT2D eigenvalue weighted by molar-refractivity contribution is 5.35. The number of aliphatic hydroxyl groups is 1. The fourth-order valence-electron chi connectivity index (χ4n) is 1.75. The molecule has 1 heterocycles. The monoisotopic (exact) mass is 164 g/mol. The molecule has 0 bridgehead atoms. The summed E-state index contributed by atoms with van der Waals surface area (Å²) in [6.45, 7) is 3.62. The molecule has 0 saturated heterocycles. The second-order valence-electron chi connectivity index (χ2n) is 3.33. The summed E-state index contributed by atoms with van der Waals surface area (Å²) in [4.78, 5) is 0. The average molecular weight is 164 g/mol. The van der Waals surface area contributed by atoms with Crippen molar-refractivity contribution in [3.8, 4) is 0 Å². The molecule has 64 valence electrons. The molecule has 0 aromatic heterocycles. The van der Waals surface area contributed by atoms with E-state index in [1.165, 1.54) is 0 Å². The van der Waals surface area contributed by atoms with Gasteiger partial charge in [0, 0.05) is 5.56 Å². The van der Waals surface area contributed by atoms with Gasteiger partial charge in [0.05, 0.1) is 6.10 Å². The highest BCUT2D eigenvalue weighted by atomic mass is 16.6. The molecule has 0 unspecified atom stereocenters. The maximum Gasteiger partial charge on any atom is 0.190 e. The van der Waals surface area contributed by atoms with Gasteiger partial charge >= 0.3 is 0 Å². The predicted molar refractivity (Wildman–Crippen MR) is 45.5 cm³/mol. The Hall–Kier alpha value is -0.860. The zero-order chi connectivity index (χ0) is 8.77. The number of hydrogen-bond donors (Lipinski definition) is 1. The van der Waals surface area contributed by atoms with Crippen LogP contribution in [-0.2, 0) is 10.5 Å². The van der Waals surface area contributed by atoms with E-state index in [2.05, 4.69) is 0 Å². The van der Waals surface area contributed by atoms with E-state index in [-0.39, 0.29) is 6.10 Å². The molecular formula is C10H12O2.